The maximum atomic E-state index is 10.2. The summed E-state index contributed by atoms with van der Waals surface area (Å²) in [6.07, 6.45) is 2.84. The summed E-state index contributed by atoms with van der Waals surface area (Å²) in [6.45, 7) is 0. The molecule has 0 aliphatic heterocycles. The first-order valence-corrected chi connectivity index (χ1v) is 2.44. The summed E-state index contributed by atoms with van der Waals surface area (Å²) in [5, 5.41) is 8.34. The summed E-state index contributed by atoms with van der Waals surface area (Å²) in [6, 6.07) is 3.08. The minimum absolute atomic E-state index is 0. The number of carboxylic acid groups (broad SMARTS) is 1. The SMILES string of the molecule is O=C(O)c1cccnc1.[BaH2]. The van der Waals surface area contributed by atoms with Crippen LogP contribution in [-0.4, -0.2) is 64.9 Å². The first-order chi connectivity index (χ1) is 4.30. The van der Waals surface area contributed by atoms with E-state index in [2.05, 4.69) is 4.98 Å². The van der Waals surface area contributed by atoms with Gasteiger partial charge < -0.3 is 5.11 Å². The third-order valence-electron chi connectivity index (χ3n) is 0.908. The number of hydrogen-bond donors (Lipinski definition) is 1. The number of carbonyl (C=O) groups is 1. The first kappa shape index (κ1) is 10.2. The molecule has 0 aliphatic rings. The van der Waals surface area contributed by atoms with Crippen LogP contribution >= 0.6 is 0 Å². The molecule has 1 heterocycles. The van der Waals surface area contributed by atoms with E-state index < -0.39 is 5.97 Å². The molecule has 0 bridgehead atoms. The van der Waals surface area contributed by atoms with Gasteiger partial charge in [-0.05, 0) is 12.1 Å². The van der Waals surface area contributed by atoms with E-state index >= 15 is 0 Å². The van der Waals surface area contributed by atoms with Gasteiger partial charge >= 0.3 is 54.9 Å². The molecule has 0 saturated heterocycles. The molecular formula is C6H7BaNO2. The van der Waals surface area contributed by atoms with E-state index in [0.717, 1.165) is 0 Å². The molecule has 0 atom stereocenters. The van der Waals surface area contributed by atoms with Gasteiger partial charge in [-0.3, -0.25) is 4.98 Å². The van der Waals surface area contributed by atoms with Gasteiger partial charge in [0.05, 0.1) is 5.56 Å². The topological polar surface area (TPSA) is 50.2 Å². The Labute approximate surface area is 98.5 Å². The van der Waals surface area contributed by atoms with Crippen LogP contribution in [0.2, 0.25) is 0 Å². The molecule has 10 heavy (non-hydrogen) atoms. The second-order valence-corrected chi connectivity index (χ2v) is 1.55. The molecule has 1 aromatic rings. The molecule has 0 radical (unpaired) electrons. The standard InChI is InChI=1S/C6H5NO2.Ba.2H/c8-6(9)5-2-1-3-7-4-5;;;/h1-4H,(H,8,9);;;. The zero-order chi connectivity index (χ0) is 6.69. The molecule has 0 aromatic carbocycles. The van der Waals surface area contributed by atoms with Crippen molar-refractivity contribution in [2.45, 2.75) is 0 Å². The van der Waals surface area contributed by atoms with Crippen LogP contribution in [0.25, 0.3) is 0 Å². The van der Waals surface area contributed by atoms with Gasteiger partial charge in [-0.2, -0.15) is 0 Å². The average Bonchev–Trinajstić information content (AvgIpc) is 1.90. The maximum absolute atomic E-state index is 10.2. The Balaban J connectivity index is 0.000000810. The fraction of sp³-hybridized carbons (Fsp3) is 0. The molecule has 50 valence electrons. The van der Waals surface area contributed by atoms with Crippen molar-refractivity contribution in [1.82, 2.24) is 4.98 Å². The zero-order valence-electron chi connectivity index (χ0n) is 4.61. The summed E-state index contributed by atoms with van der Waals surface area (Å²) in [5.41, 5.74) is 0.220. The molecule has 0 unspecified atom stereocenters. The van der Waals surface area contributed by atoms with E-state index in [1.807, 2.05) is 0 Å². The zero-order valence-corrected chi connectivity index (χ0v) is 4.61. The molecular weight excluding hydrogens is 255 g/mol. The number of rotatable bonds is 1. The van der Waals surface area contributed by atoms with Crippen molar-refractivity contribution in [3.63, 3.8) is 0 Å². The van der Waals surface area contributed by atoms with Crippen molar-refractivity contribution in [3.8, 4) is 0 Å². The molecule has 0 fully saturated rings. The summed E-state index contributed by atoms with van der Waals surface area (Å²) in [5.74, 6) is -0.942. The van der Waals surface area contributed by atoms with Gasteiger partial charge in [0.15, 0.2) is 0 Å². The molecule has 1 aromatic heterocycles. The van der Waals surface area contributed by atoms with Gasteiger partial charge in [-0.15, -0.1) is 0 Å². The second-order valence-electron chi connectivity index (χ2n) is 1.55. The van der Waals surface area contributed by atoms with Crippen LogP contribution in [0.15, 0.2) is 24.5 Å². The van der Waals surface area contributed by atoms with Crippen molar-refractivity contribution in [2.75, 3.05) is 0 Å². The summed E-state index contributed by atoms with van der Waals surface area (Å²) in [4.78, 5) is 13.8. The third-order valence-corrected chi connectivity index (χ3v) is 0.908. The van der Waals surface area contributed by atoms with Crippen molar-refractivity contribution in [1.29, 1.82) is 0 Å². The predicted octanol–water partition coefficient (Wildman–Crippen LogP) is -0.136. The first-order valence-electron chi connectivity index (χ1n) is 2.44. The Bertz CT molecular complexity index is 212. The van der Waals surface area contributed by atoms with E-state index in [-0.39, 0.29) is 54.4 Å². The van der Waals surface area contributed by atoms with Crippen LogP contribution in [-0.2, 0) is 0 Å². The van der Waals surface area contributed by atoms with Crippen LogP contribution in [0, 0.1) is 0 Å². The summed E-state index contributed by atoms with van der Waals surface area (Å²) in [7, 11) is 0. The van der Waals surface area contributed by atoms with Gasteiger partial charge in [-0.25, -0.2) is 4.79 Å². The molecule has 4 heteroatoms. The molecule has 1 rings (SSSR count). The quantitative estimate of drug-likeness (QED) is 0.717. The van der Waals surface area contributed by atoms with Gasteiger partial charge in [0.1, 0.15) is 0 Å². The van der Waals surface area contributed by atoms with E-state index in [0.29, 0.717) is 0 Å². The van der Waals surface area contributed by atoms with Gasteiger partial charge in [0.25, 0.3) is 0 Å². The third kappa shape index (κ3) is 2.85. The number of pyridine rings is 1. The van der Waals surface area contributed by atoms with Crippen LogP contribution in [0.5, 0.6) is 0 Å². The van der Waals surface area contributed by atoms with Crippen molar-refractivity contribution < 1.29 is 9.90 Å². The monoisotopic (exact) mass is 263 g/mol. The van der Waals surface area contributed by atoms with Gasteiger partial charge in [0, 0.05) is 12.4 Å². The molecule has 0 saturated carbocycles. The molecule has 0 spiro atoms. The minimum atomic E-state index is -0.942. The van der Waals surface area contributed by atoms with Crippen molar-refractivity contribution in [3.05, 3.63) is 30.1 Å². The van der Waals surface area contributed by atoms with E-state index in [1.54, 1.807) is 6.07 Å². The number of hydrogen-bond acceptors (Lipinski definition) is 2. The van der Waals surface area contributed by atoms with E-state index in [9.17, 15) is 4.79 Å². The molecule has 1 N–H and O–H groups in total. The Morgan fingerprint density at radius 3 is 2.60 bits per heavy atom. The Morgan fingerprint density at radius 2 is 2.30 bits per heavy atom. The molecule has 0 amide bonds. The van der Waals surface area contributed by atoms with Crippen LogP contribution in [0.1, 0.15) is 10.4 Å². The Kier molecular flexibility index (Phi) is 5.02. The van der Waals surface area contributed by atoms with Crippen molar-refractivity contribution in [2.24, 2.45) is 0 Å². The normalized spacial score (nSPS) is 8.00. The number of carboxylic acids is 1. The van der Waals surface area contributed by atoms with Crippen LogP contribution in [0.3, 0.4) is 0 Å². The number of aromatic carboxylic acids is 1. The summed E-state index contributed by atoms with van der Waals surface area (Å²) >= 11 is 0. The van der Waals surface area contributed by atoms with Crippen LogP contribution in [0.4, 0.5) is 0 Å². The van der Waals surface area contributed by atoms with Crippen molar-refractivity contribution >= 4 is 54.9 Å². The predicted molar refractivity (Wildman–Crippen MR) is 39.7 cm³/mol. The second kappa shape index (κ2) is 4.92. The number of aromatic nitrogens is 1. The van der Waals surface area contributed by atoms with Gasteiger partial charge in [-0.1, -0.05) is 0 Å². The van der Waals surface area contributed by atoms with E-state index in [1.165, 1.54) is 18.5 Å². The van der Waals surface area contributed by atoms with E-state index in [4.69, 9.17) is 5.11 Å². The fourth-order valence-electron chi connectivity index (χ4n) is 0.489. The molecule has 3 nitrogen and oxygen atoms in total. The Morgan fingerprint density at radius 1 is 1.60 bits per heavy atom. The average molecular weight is 262 g/mol. The Hall–Kier alpha value is 0.191. The van der Waals surface area contributed by atoms with Crippen LogP contribution < -0.4 is 0 Å². The fourth-order valence-corrected chi connectivity index (χ4v) is 0.489. The number of nitrogens with zero attached hydrogens (tertiary/aromatic N) is 1. The summed E-state index contributed by atoms with van der Waals surface area (Å²) < 4.78 is 0. The molecule has 0 aliphatic carbocycles. The van der Waals surface area contributed by atoms with Gasteiger partial charge in [0.2, 0.25) is 0 Å².